The van der Waals surface area contributed by atoms with E-state index >= 15 is 0 Å². The third-order valence-electron chi connectivity index (χ3n) is 4.94. The summed E-state index contributed by atoms with van der Waals surface area (Å²) in [7, 11) is 0. The van der Waals surface area contributed by atoms with Crippen molar-refractivity contribution in [2.45, 2.75) is 0 Å². The molecule has 5 rings (SSSR count). The lowest BCUT2D eigenvalue weighted by molar-refractivity contribution is -0.120. The van der Waals surface area contributed by atoms with Crippen molar-refractivity contribution in [2.24, 2.45) is 5.92 Å². The highest BCUT2D eigenvalue weighted by Gasteiger charge is 2.34. The van der Waals surface area contributed by atoms with Crippen LogP contribution in [0.5, 0.6) is 11.5 Å². The first-order valence-electron chi connectivity index (χ1n) is 9.09. The van der Waals surface area contributed by atoms with Crippen LogP contribution in [0.3, 0.4) is 0 Å². The highest BCUT2D eigenvalue weighted by molar-refractivity contribution is 5.94. The molecular formula is C21H18N4O3. The molecule has 3 aromatic rings. The topological polar surface area (TPSA) is 76.6 Å². The molecule has 1 fully saturated rings. The fourth-order valence-electron chi connectivity index (χ4n) is 3.34. The van der Waals surface area contributed by atoms with Gasteiger partial charge in [-0.2, -0.15) is 0 Å². The SMILES string of the molecule is O=C(Nc1ccc2c(c1)OCO2)C1CN(c2cc(-c3ccccc3)ncn2)C1. The second-order valence-corrected chi connectivity index (χ2v) is 6.79. The third kappa shape index (κ3) is 3.11. The van der Waals surface area contributed by atoms with Crippen LogP contribution in [0.4, 0.5) is 11.5 Å². The maximum atomic E-state index is 12.5. The minimum absolute atomic E-state index is 0.00699. The number of benzene rings is 2. The highest BCUT2D eigenvalue weighted by atomic mass is 16.7. The van der Waals surface area contributed by atoms with Crippen LogP contribution in [-0.2, 0) is 4.79 Å². The number of carbonyl (C=O) groups is 1. The maximum Gasteiger partial charge on any atom is 0.231 e. The van der Waals surface area contributed by atoms with E-state index in [4.69, 9.17) is 9.47 Å². The molecule has 2 aromatic carbocycles. The van der Waals surface area contributed by atoms with Crippen LogP contribution in [0.2, 0.25) is 0 Å². The van der Waals surface area contributed by atoms with Crippen molar-refractivity contribution in [3.05, 3.63) is 60.9 Å². The molecule has 0 atom stereocenters. The van der Waals surface area contributed by atoms with E-state index in [1.165, 1.54) is 0 Å². The fourth-order valence-corrected chi connectivity index (χ4v) is 3.34. The van der Waals surface area contributed by atoms with Gasteiger partial charge in [-0.15, -0.1) is 0 Å². The summed E-state index contributed by atoms with van der Waals surface area (Å²) >= 11 is 0. The number of hydrogen-bond donors (Lipinski definition) is 1. The monoisotopic (exact) mass is 374 g/mol. The van der Waals surface area contributed by atoms with Crippen LogP contribution in [0.1, 0.15) is 0 Å². The largest absolute Gasteiger partial charge is 0.454 e. The number of hydrogen-bond acceptors (Lipinski definition) is 6. The third-order valence-corrected chi connectivity index (χ3v) is 4.94. The molecular weight excluding hydrogens is 356 g/mol. The summed E-state index contributed by atoms with van der Waals surface area (Å²) in [5.74, 6) is 2.10. The first kappa shape index (κ1) is 16.6. The van der Waals surface area contributed by atoms with E-state index in [0.29, 0.717) is 30.3 Å². The number of rotatable bonds is 4. The molecule has 0 bridgehead atoms. The Labute approximate surface area is 161 Å². The number of nitrogens with zero attached hydrogens (tertiary/aromatic N) is 3. The molecule has 2 aliphatic heterocycles. The summed E-state index contributed by atoms with van der Waals surface area (Å²) in [6.45, 7) is 1.47. The molecule has 7 nitrogen and oxygen atoms in total. The van der Waals surface area contributed by atoms with Gasteiger partial charge in [-0.1, -0.05) is 30.3 Å². The van der Waals surface area contributed by atoms with Gasteiger partial charge in [-0.05, 0) is 12.1 Å². The highest BCUT2D eigenvalue weighted by Crippen LogP contribution is 2.34. The number of carbonyl (C=O) groups excluding carboxylic acids is 1. The van der Waals surface area contributed by atoms with Gasteiger partial charge in [0, 0.05) is 36.5 Å². The Bertz CT molecular complexity index is 1020. The Hall–Kier alpha value is -3.61. The van der Waals surface area contributed by atoms with Crippen molar-refractivity contribution >= 4 is 17.4 Å². The van der Waals surface area contributed by atoms with Crippen molar-refractivity contribution < 1.29 is 14.3 Å². The van der Waals surface area contributed by atoms with E-state index in [9.17, 15) is 4.79 Å². The lowest BCUT2D eigenvalue weighted by atomic mass is 9.99. The molecule has 1 saturated heterocycles. The second kappa shape index (κ2) is 6.84. The second-order valence-electron chi connectivity index (χ2n) is 6.79. The van der Waals surface area contributed by atoms with Crippen LogP contribution < -0.4 is 19.7 Å². The Morgan fingerprint density at radius 2 is 1.82 bits per heavy atom. The Kier molecular flexibility index (Phi) is 4.05. The summed E-state index contributed by atoms with van der Waals surface area (Å²) in [6, 6.07) is 17.3. The predicted molar refractivity (Wildman–Crippen MR) is 104 cm³/mol. The van der Waals surface area contributed by atoms with Crippen molar-refractivity contribution in [1.82, 2.24) is 9.97 Å². The van der Waals surface area contributed by atoms with Gasteiger partial charge in [0.2, 0.25) is 12.7 Å². The van der Waals surface area contributed by atoms with Gasteiger partial charge in [0.15, 0.2) is 11.5 Å². The van der Waals surface area contributed by atoms with E-state index in [0.717, 1.165) is 17.1 Å². The van der Waals surface area contributed by atoms with Crippen LogP contribution in [0.25, 0.3) is 11.3 Å². The quantitative estimate of drug-likeness (QED) is 0.757. The van der Waals surface area contributed by atoms with Gasteiger partial charge >= 0.3 is 0 Å². The average molecular weight is 374 g/mol. The summed E-state index contributed by atoms with van der Waals surface area (Å²) < 4.78 is 10.6. The standard InChI is InChI=1S/C21H18N4O3/c26-21(24-16-6-7-18-19(8-16)28-13-27-18)15-10-25(11-15)20-9-17(22-12-23-20)14-4-2-1-3-5-14/h1-9,12,15H,10-11,13H2,(H,24,26). The molecule has 0 aliphatic carbocycles. The number of aromatic nitrogens is 2. The summed E-state index contributed by atoms with van der Waals surface area (Å²) in [6.07, 6.45) is 1.57. The molecule has 0 spiro atoms. The first-order valence-corrected chi connectivity index (χ1v) is 9.09. The lowest BCUT2D eigenvalue weighted by Gasteiger charge is -2.39. The number of nitrogens with one attached hydrogen (secondary N) is 1. The number of fused-ring (bicyclic) bond motifs is 1. The minimum atomic E-state index is -0.0828. The Morgan fingerprint density at radius 1 is 1.00 bits per heavy atom. The normalized spacial score (nSPS) is 15.2. The smallest absolute Gasteiger partial charge is 0.231 e. The van der Waals surface area contributed by atoms with Crippen molar-refractivity contribution in [3.8, 4) is 22.8 Å². The average Bonchev–Trinajstić information content (AvgIpc) is 3.16. The van der Waals surface area contributed by atoms with Gasteiger partial charge in [-0.25, -0.2) is 9.97 Å². The molecule has 2 aliphatic rings. The molecule has 3 heterocycles. The number of anilines is 2. The molecule has 28 heavy (non-hydrogen) atoms. The van der Waals surface area contributed by atoms with Crippen molar-refractivity contribution in [1.29, 1.82) is 0 Å². The lowest BCUT2D eigenvalue weighted by Crippen LogP contribution is -2.52. The van der Waals surface area contributed by atoms with Crippen LogP contribution in [0, 0.1) is 5.92 Å². The molecule has 1 amide bonds. The van der Waals surface area contributed by atoms with Crippen molar-refractivity contribution in [2.75, 3.05) is 30.1 Å². The molecule has 0 saturated carbocycles. The van der Waals surface area contributed by atoms with Gasteiger partial charge in [0.05, 0.1) is 11.6 Å². The van der Waals surface area contributed by atoms with E-state index < -0.39 is 0 Å². The summed E-state index contributed by atoms with van der Waals surface area (Å²) in [5, 5.41) is 2.95. The molecule has 140 valence electrons. The number of ether oxygens (including phenoxy) is 2. The van der Waals surface area contributed by atoms with E-state index in [-0.39, 0.29) is 18.6 Å². The van der Waals surface area contributed by atoms with E-state index in [2.05, 4.69) is 20.2 Å². The van der Waals surface area contributed by atoms with Crippen LogP contribution >= 0.6 is 0 Å². The Morgan fingerprint density at radius 3 is 2.68 bits per heavy atom. The molecule has 1 aromatic heterocycles. The predicted octanol–water partition coefficient (Wildman–Crippen LogP) is 2.95. The Balaban J connectivity index is 1.22. The van der Waals surface area contributed by atoms with Gasteiger partial charge in [0.25, 0.3) is 0 Å². The zero-order chi connectivity index (χ0) is 18.9. The van der Waals surface area contributed by atoms with Gasteiger partial charge in [-0.3, -0.25) is 4.79 Å². The zero-order valence-corrected chi connectivity index (χ0v) is 15.0. The number of amides is 1. The first-order chi connectivity index (χ1) is 13.8. The zero-order valence-electron chi connectivity index (χ0n) is 15.0. The van der Waals surface area contributed by atoms with Crippen LogP contribution in [0.15, 0.2) is 60.9 Å². The fraction of sp³-hybridized carbons (Fsp3) is 0.190. The summed E-state index contributed by atoms with van der Waals surface area (Å²) in [4.78, 5) is 23.3. The molecule has 7 heteroatoms. The van der Waals surface area contributed by atoms with Crippen LogP contribution in [-0.4, -0.2) is 35.8 Å². The van der Waals surface area contributed by atoms with E-state index in [1.807, 2.05) is 42.5 Å². The van der Waals surface area contributed by atoms with E-state index in [1.54, 1.807) is 18.5 Å². The summed E-state index contributed by atoms with van der Waals surface area (Å²) in [5.41, 5.74) is 2.63. The molecule has 0 radical (unpaired) electrons. The van der Waals surface area contributed by atoms with Crippen molar-refractivity contribution in [3.63, 3.8) is 0 Å². The van der Waals surface area contributed by atoms with Gasteiger partial charge in [0.1, 0.15) is 12.1 Å². The molecule has 0 unspecified atom stereocenters. The van der Waals surface area contributed by atoms with Gasteiger partial charge < -0.3 is 19.7 Å². The minimum Gasteiger partial charge on any atom is -0.454 e. The maximum absolute atomic E-state index is 12.5. The molecule has 1 N–H and O–H groups in total.